The molecule has 0 radical (unpaired) electrons. The van der Waals surface area contributed by atoms with Crippen LogP contribution in [0.2, 0.25) is 0 Å². The van der Waals surface area contributed by atoms with Gasteiger partial charge in [0.25, 0.3) is 11.5 Å². The van der Waals surface area contributed by atoms with E-state index in [0.717, 1.165) is 22.8 Å². The molecule has 0 saturated carbocycles. The quantitative estimate of drug-likeness (QED) is 0.751. The van der Waals surface area contributed by atoms with Crippen LogP contribution in [-0.4, -0.2) is 10.5 Å². The molecular weight excluding hydrogens is 347 g/mol. The fraction of sp³-hybridized carbons (Fsp3) is 0.111. The first-order chi connectivity index (χ1) is 12.2. The van der Waals surface area contributed by atoms with Gasteiger partial charge in [-0.25, -0.2) is 0 Å². The summed E-state index contributed by atoms with van der Waals surface area (Å²) in [5.41, 5.74) is 9.35. The molecule has 5 nitrogen and oxygen atoms in total. The molecule has 0 saturated heterocycles. The topological polar surface area (TPSA) is 91.1 Å². The number of hydrogen-bond donors (Lipinski definition) is 2. The predicted octanol–water partition coefficient (Wildman–Crippen LogP) is 2.75. The Balaban J connectivity index is 2.37. The van der Waals surface area contributed by atoms with Crippen LogP contribution in [0, 0.1) is 0 Å². The third-order valence-corrected chi connectivity index (χ3v) is 4.06. The van der Waals surface area contributed by atoms with Crippen LogP contribution in [-0.2, 0) is 12.7 Å². The van der Waals surface area contributed by atoms with Gasteiger partial charge in [0, 0.05) is 5.39 Å². The van der Waals surface area contributed by atoms with E-state index in [1.165, 1.54) is 0 Å². The molecule has 3 rings (SSSR count). The van der Waals surface area contributed by atoms with Crippen LogP contribution < -0.4 is 17.0 Å². The van der Waals surface area contributed by atoms with E-state index in [9.17, 15) is 22.8 Å². The molecule has 0 aliphatic carbocycles. The average molecular weight is 361 g/mol. The maximum absolute atomic E-state index is 13.1. The van der Waals surface area contributed by atoms with E-state index in [2.05, 4.69) is 0 Å². The molecule has 0 bridgehead atoms. The Kier molecular flexibility index (Phi) is 4.19. The predicted molar refractivity (Wildman–Crippen MR) is 91.7 cm³/mol. The maximum atomic E-state index is 13.1. The largest absolute Gasteiger partial charge is 0.416 e. The lowest BCUT2D eigenvalue weighted by Gasteiger charge is -2.16. The lowest BCUT2D eigenvalue weighted by molar-refractivity contribution is -0.137. The second kappa shape index (κ2) is 6.21. The molecule has 0 aliphatic heterocycles. The van der Waals surface area contributed by atoms with Gasteiger partial charge in [0.05, 0.1) is 23.3 Å². The SMILES string of the molecule is NC(=O)c1c(N)c2ccc(C(F)(F)F)cc2n(Cc2ccccc2)c1=O. The second-order valence-corrected chi connectivity index (χ2v) is 5.76. The number of fused-ring (bicyclic) bond motifs is 1. The Morgan fingerprint density at radius 2 is 1.73 bits per heavy atom. The van der Waals surface area contributed by atoms with E-state index in [4.69, 9.17) is 11.5 Å². The number of benzene rings is 2. The number of carbonyl (C=O) groups is 1. The highest BCUT2D eigenvalue weighted by Gasteiger charge is 2.31. The molecule has 3 aromatic rings. The van der Waals surface area contributed by atoms with Crippen LogP contribution in [0.25, 0.3) is 10.9 Å². The normalized spacial score (nSPS) is 11.7. The number of nitrogen functional groups attached to an aromatic ring is 1. The van der Waals surface area contributed by atoms with E-state index in [1.54, 1.807) is 30.3 Å². The summed E-state index contributed by atoms with van der Waals surface area (Å²) in [4.78, 5) is 24.4. The van der Waals surface area contributed by atoms with Gasteiger partial charge in [-0.05, 0) is 17.7 Å². The molecule has 26 heavy (non-hydrogen) atoms. The lowest BCUT2D eigenvalue weighted by Crippen LogP contribution is -2.32. The zero-order valence-electron chi connectivity index (χ0n) is 13.4. The number of carbonyl (C=O) groups excluding carboxylic acids is 1. The first-order valence-electron chi connectivity index (χ1n) is 7.57. The molecule has 0 atom stereocenters. The average Bonchev–Trinajstić information content (AvgIpc) is 2.58. The van der Waals surface area contributed by atoms with Crippen molar-refractivity contribution in [3.05, 3.63) is 75.6 Å². The third-order valence-electron chi connectivity index (χ3n) is 4.06. The van der Waals surface area contributed by atoms with Crippen LogP contribution in [0.4, 0.5) is 18.9 Å². The van der Waals surface area contributed by atoms with Crippen LogP contribution in [0.1, 0.15) is 21.5 Å². The van der Waals surface area contributed by atoms with Gasteiger partial charge in [0.15, 0.2) is 0 Å². The number of aromatic nitrogens is 1. The van der Waals surface area contributed by atoms with E-state index in [0.29, 0.717) is 5.56 Å². The molecular formula is C18H14F3N3O2. The molecule has 1 aromatic heterocycles. The number of halogens is 3. The molecule has 4 N–H and O–H groups in total. The zero-order chi connectivity index (χ0) is 19.1. The summed E-state index contributed by atoms with van der Waals surface area (Å²) >= 11 is 0. The highest BCUT2D eigenvalue weighted by molar-refractivity contribution is 6.05. The van der Waals surface area contributed by atoms with Crippen molar-refractivity contribution in [3.63, 3.8) is 0 Å². The number of rotatable bonds is 3. The van der Waals surface area contributed by atoms with Gasteiger partial charge in [0.2, 0.25) is 0 Å². The Hall–Kier alpha value is -3.29. The number of nitrogens with zero attached hydrogens (tertiary/aromatic N) is 1. The molecule has 0 aliphatic rings. The molecule has 1 heterocycles. The number of pyridine rings is 1. The van der Waals surface area contributed by atoms with E-state index in [-0.39, 0.29) is 23.1 Å². The minimum absolute atomic E-state index is 0.0174. The Bertz CT molecular complexity index is 1060. The van der Waals surface area contributed by atoms with Gasteiger partial charge in [-0.15, -0.1) is 0 Å². The van der Waals surface area contributed by atoms with Gasteiger partial charge in [0.1, 0.15) is 5.56 Å². The summed E-state index contributed by atoms with van der Waals surface area (Å²) in [6.45, 7) is -0.0297. The van der Waals surface area contributed by atoms with Crippen molar-refractivity contribution in [1.29, 1.82) is 0 Å². The first kappa shape index (κ1) is 17.5. The molecule has 0 unspecified atom stereocenters. The fourth-order valence-corrected chi connectivity index (χ4v) is 2.81. The van der Waals surface area contributed by atoms with Crippen LogP contribution in [0.15, 0.2) is 53.3 Å². The summed E-state index contributed by atoms with van der Waals surface area (Å²) < 4.78 is 40.4. The van der Waals surface area contributed by atoms with Crippen LogP contribution in [0.5, 0.6) is 0 Å². The highest BCUT2D eigenvalue weighted by atomic mass is 19.4. The van der Waals surface area contributed by atoms with Gasteiger partial charge >= 0.3 is 6.18 Å². The summed E-state index contributed by atoms with van der Waals surface area (Å²) in [6.07, 6.45) is -4.58. The van der Waals surface area contributed by atoms with Crippen molar-refractivity contribution in [2.45, 2.75) is 12.7 Å². The summed E-state index contributed by atoms with van der Waals surface area (Å²) in [7, 11) is 0. The van der Waals surface area contributed by atoms with Gasteiger partial charge in [-0.2, -0.15) is 13.2 Å². The van der Waals surface area contributed by atoms with Crippen molar-refractivity contribution >= 4 is 22.5 Å². The van der Waals surface area contributed by atoms with Crippen molar-refractivity contribution in [2.24, 2.45) is 5.73 Å². The van der Waals surface area contributed by atoms with Crippen molar-refractivity contribution in [1.82, 2.24) is 4.57 Å². The molecule has 0 fully saturated rings. The number of anilines is 1. The Morgan fingerprint density at radius 3 is 2.31 bits per heavy atom. The van der Waals surface area contributed by atoms with Crippen molar-refractivity contribution in [2.75, 3.05) is 5.73 Å². The van der Waals surface area contributed by atoms with Crippen molar-refractivity contribution in [3.8, 4) is 0 Å². The molecule has 2 aromatic carbocycles. The summed E-state index contributed by atoms with van der Waals surface area (Å²) in [6, 6.07) is 11.5. The molecule has 0 spiro atoms. The standard InChI is InChI=1S/C18H14F3N3O2/c19-18(20,21)11-6-7-12-13(8-11)24(9-10-4-2-1-3-5-10)17(26)14(15(12)22)16(23)25/h1-8H,9,22H2,(H2,23,25). The number of nitrogens with two attached hydrogens (primary N) is 2. The Labute approximate surface area is 145 Å². The van der Waals surface area contributed by atoms with E-state index >= 15 is 0 Å². The molecule has 1 amide bonds. The summed E-state index contributed by atoms with van der Waals surface area (Å²) in [5, 5.41) is 0.155. The van der Waals surface area contributed by atoms with Gasteiger partial charge in [-0.3, -0.25) is 9.59 Å². The maximum Gasteiger partial charge on any atom is 0.416 e. The number of amides is 1. The number of hydrogen-bond acceptors (Lipinski definition) is 3. The van der Waals surface area contributed by atoms with Crippen LogP contribution in [0.3, 0.4) is 0 Å². The smallest absolute Gasteiger partial charge is 0.397 e. The third kappa shape index (κ3) is 3.01. The monoisotopic (exact) mass is 361 g/mol. The second-order valence-electron chi connectivity index (χ2n) is 5.76. The first-order valence-corrected chi connectivity index (χ1v) is 7.57. The minimum Gasteiger partial charge on any atom is -0.397 e. The van der Waals surface area contributed by atoms with Gasteiger partial charge < -0.3 is 16.0 Å². The lowest BCUT2D eigenvalue weighted by atomic mass is 10.0. The Morgan fingerprint density at radius 1 is 1.08 bits per heavy atom. The van der Waals surface area contributed by atoms with E-state index < -0.39 is 28.8 Å². The van der Waals surface area contributed by atoms with Crippen molar-refractivity contribution < 1.29 is 18.0 Å². The van der Waals surface area contributed by atoms with Gasteiger partial charge in [-0.1, -0.05) is 36.4 Å². The number of primary amides is 1. The molecule has 8 heteroatoms. The van der Waals surface area contributed by atoms with Crippen LogP contribution >= 0.6 is 0 Å². The fourth-order valence-electron chi connectivity index (χ4n) is 2.81. The highest BCUT2D eigenvalue weighted by Crippen LogP contribution is 2.33. The zero-order valence-corrected chi connectivity index (χ0v) is 13.4. The minimum atomic E-state index is -4.58. The molecule has 134 valence electrons. The summed E-state index contributed by atoms with van der Waals surface area (Å²) in [5.74, 6) is -1.03. The number of alkyl halides is 3. The van der Waals surface area contributed by atoms with E-state index in [1.807, 2.05) is 0 Å².